The normalized spacial score (nSPS) is 18.1. The summed E-state index contributed by atoms with van der Waals surface area (Å²) in [6, 6.07) is 8.48. The van der Waals surface area contributed by atoms with Crippen LogP contribution in [0.4, 0.5) is 0 Å². The minimum absolute atomic E-state index is 0.568. The third-order valence-electron chi connectivity index (χ3n) is 6.39. The highest BCUT2D eigenvalue weighted by Crippen LogP contribution is 2.32. The Kier molecular flexibility index (Phi) is 5.23. The molecule has 0 radical (unpaired) electrons. The number of nitrogens with zero attached hydrogens (tertiary/aromatic N) is 4. The topological polar surface area (TPSA) is 41.9 Å². The van der Waals surface area contributed by atoms with E-state index in [9.17, 15) is 0 Å². The molecule has 0 bridgehead atoms. The molecule has 1 aromatic carbocycles. The number of pyridine rings is 1. The lowest BCUT2D eigenvalue weighted by atomic mass is 9.88. The van der Waals surface area contributed by atoms with Crippen molar-refractivity contribution >= 4 is 22.5 Å². The first kappa shape index (κ1) is 19.0. The fourth-order valence-electron chi connectivity index (χ4n) is 4.75. The zero-order valence-corrected chi connectivity index (χ0v) is 17.8. The van der Waals surface area contributed by atoms with Gasteiger partial charge >= 0.3 is 0 Å². The highest BCUT2D eigenvalue weighted by Gasteiger charge is 2.23. The fraction of sp³-hybridized carbons (Fsp3) is 0.458. The van der Waals surface area contributed by atoms with Gasteiger partial charge in [0.2, 0.25) is 0 Å². The largest absolute Gasteiger partial charge is 0.294 e. The lowest BCUT2D eigenvalue weighted by Gasteiger charge is -2.29. The Morgan fingerprint density at radius 2 is 1.97 bits per heavy atom. The SMILES string of the molecule is Cc1ccc2nc(Cl)c(CN3CCc4nc(C5CCCCC5)ncc4C3)cc2c1. The van der Waals surface area contributed by atoms with Crippen LogP contribution in [0.25, 0.3) is 10.9 Å². The van der Waals surface area contributed by atoms with Crippen LogP contribution in [-0.4, -0.2) is 26.4 Å². The summed E-state index contributed by atoms with van der Waals surface area (Å²) < 4.78 is 0. The predicted octanol–water partition coefficient (Wildman–Crippen LogP) is 5.59. The van der Waals surface area contributed by atoms with Crippen molar-refractivity contribution in [2.45, 2.75) is 64.5 Å². The Morgan fingerprint density at radius 3 is 2.83 bits per heavy atom. The number of halogens is 1. The summed E-state index contributed by atoms with van der Waals surface area (Å²) in [6.45, 7) is 4.79. The van der Waals surface area contributed by atoms with E-state index in [4.69, 9.17) is 21.6 Å². The van der Waals surface area contributed by atoms with Gasteiger partial charge in [-0.1, -0.05) is 42.5 Å². The number of aromatic nitrogens is 3. The van der Waals surface area contributed by atoms with E-state index in [-0.39, 0.29) is 0 Å². The van der Waals surface area contributed by atoms with Gasteiger partial charge in [0.25, 0.3) is 0 Å². The van der Waals surface area contributed by atoms with Crippen molar-refractivity contribution in [3.05, 3.63) is 63.8 Å². The molecular weight excluding hydrogens is 380 g/mol. The van der Waals surface area contributed by atoms with Crippen LogP contribution in [0.1, 0.15) is 66.2 Å². The molecule has 2 aliphatic rings. The van der Waals surface area contributed by atoms with Crippen LogP contribution in [0.2, 0.25) is 5.15 Å². The maximum atomic E-state index is 6.51. The summed E-state index contributed by atoms with van der Waals surface area (Å²) in [5, 5.41) is 1.76. The van der Waals surface area contributed by atoms with Crippen molar-refractivity contribution in [1.82, 2.24) is 19.9 Å². The summed E-state index contributed by atoms with van der Waals surface area (Å²) in [5.41, 5.74) is 5.79. The zero-order chi connectivity index (χ0) is 19.8. The van der Waals surface area contributed by atoms with E-state index in [1.165, 1.54) is 48.9 Å². The molecule has 29 heavy (non-hydrogen) atoms. The summed E-state index contributed by atoms with van der Waals surface area (Å²) in [4.78, 5) is 16.8. The van der Waals surface area contributed by atoms with Crippen molar-refractivity contribution in [2.24, 2.45) is 0 Å². The Balaban J connectivity index is 1.33. The van der Waals surface area contributed by atoms with Crippen molar-refractivity contribution in [3.63, 3.8) is 0 Å². The molecule has 150 valence electrons. The minimum Gasteiger partial charge on any atom is -0.294 e. The molecule has 0 unspecified atom stereocenters. The van der Waals surface area contributed by atoms with E-state index >= 15 is 0 Å². The molecule has 1 aliphatic heterocycles. The summed E-state index contributed by atoms with van der Waals surface area (Å²) in [7, 11) is 0. The first-order valence-corrected chi connectivity index (χ1v) is 11.2. The molecule has 0 saturated heterocycles. The van der Waals surface area contributed by atoms with Crippen LogP contribution in [0.15, 0.2) is 30.5 Å². The second-order valence-corrected chi connectivity index (χ2v) is 8.99. The van der Waals surface area contributed by atoms with Gasteiger partial charge in [0.1, 0.15) is 11.0 Å². The molecule has 3 heterocycles. The average molecular weight is 407 g/mol. The lowest BCUT2D eigenvalue weighted by molar-refractivity contribution is 0.242. The second kappa shape index (κ2) is 8.00. The molecule has 3 aromatic rings. The van der Waals surface area contributed by atoms with E-state index in [0.29, 0.717) is 11.1 Å². The van der Waals surface area contributed by atoms with Gasteiger partial charge in [-0.15, -0.1) is 0 Å². The van der Waals surface area contributed by atoms with E-state index in [1.807, 2.05) is 6.07 Å². The molecule has 0 N–H and O–H groups in total. The molecule has 2 aromatic heterocycles. The number of aryl methyl sites for hydroxylation is 1. The lowest BCUT2D eigenvalue weighted by Crippen LogP contribution is -2.31. The molecule has 5 heteroatoms. The molecule has 0 atom stereocenters. The first-order valence-electron chi connectivity index (χ1n) is 10.8. The van der Waals surface area contributed by atoms with Crippen LogP contribution in [0.5, 0.6) is 0 Å². The quantitative estimate of drug-likeness (QED) is 0.531. The minimum atomic E-state index is 0.568. The van der Waals surface area contributed by atoms with Gasteiger partial charge in [-0.05, 0) is 38.0 Å². The molecular formula is C24H27ClN4. The maximum Gasteiger partial charge on any atom is 0.134 e. The standard InChI is InChI=1S/C24H27ClN4/c1-16-7-8-21-18(11-16)12-19(23(25)27-21)14-29-10-9-22-20(15-29)13-26-24(28-22)17-5-3-2-4-6-17/h7-8,11-13,17H,2-6,9-10,14-15H2,1H3. The first-order chi connectivity index (χ1) is 14.2. The van der Waals surface area contributed by atoms with Crippen molar-refractivity contribution in [2.75, 3.05) is 6.54 Å². The molecule has 5 rings (SSSR count). The van der Waals surface area contributed by atoms with Gasteiger partial charge in [0.05, 0.1) is 5.52 Å². The number of hydrogen-bond acceptors (Lipinski definition) is 4. The van der Waals surface area contributed by atoms with Crippen LogP contribution >= 0.6 is 11.6 Å². The Hall–Kier alpha value is -2.04. The number of fused-ring (bicyclic) bond motifs is 2. The monoisotopic (exact) mass is 406 g/mol. The van der Waals surface area contributed by atoms with Gasteiger partial charge in [0, 0.05) is 60.4 Å². The second-order valence-electron chi connectivity index (χ2n) is 8.63. The third-order valence-corrected chi connectivity index (χ3v) is 6.72. The number of benzene rings is 1. The molecule has 0 amide bonds. The molecule has 4 nitrogen and oxygen atoms in total. The smallest absolute Gasteiger partial charge is 0.134 e. The highest BCUT2D eigenvalue weighted by molar-refractivity contribution is 6.30. The van der Waals surface area contributed by atoms with E-state index in [0.717, 1.165) is 48.3 Å². The summed E-state index contributed by atoms with van der Waals surface area (Å²) in [6.07, 6.45) is 9.55. The number of rotatable bonds is 3. The summed E-state index contributed by atoms with van der Waals surface area (Å²) in [5.74, 6) is 1.65. The van der Waals surface area contributed by atoms with E-state index in [1.54, 1.807) is 0 Å². The van der Waals surface area contributed by atoms with Crippen LogP contribution in [0, 0.1) is 6.92 Å². The van der Waals surface area contributed by atoms with Gasteiger partial charge in [-0.3, -0.25) is 4.90 Å². The van der Waals surface area contributed by atoms with E-state index < -0.39 is 0 Å². The van der Waals surface area contributed by atoms with Crippen molar-refractivity contribution < 1.29 is 0 Å². The Morgan fingerprint density at radius 1 is 1.10 bits per heavy atom. The molecule has 0 spiro atoms. The Labute approximate surface area is 177 Å². The zero-order valence-electron chi connectivity index (χ0n) is 17.0. The highest BCUT2D eigenvalue weighted by atomic mass is 35.5. The van der Waals surface area contributed by atoms with Crippen LogP contribution in [-0.2, 0) is 19.5 Å². The van der Waals surface area contributed by atoms with Gasteiger partial charge in [0.15, 0.2) is 0 Å². The molecule has 1 saturated carbocycles. The predicted molar refractivity (Wildman–Crippen MR) is 117 cm³/mol. The maximum absolute atomic E-state index is 6.51. The van der Waals surface area contributed by atoms with Crippen molar-refractivity contribution in [1.29, 1.82) is 0 Å². The molecule has 1 aliphatic carbocycles. The van der Waals surface area contributed by atoms with Crippen molar-refractivity contribution in [3.8, 4) is 0 Å². The van der Waals surface area contributed by atoms with E-state index in [2.05, 4.69) is 41.2 Å². The summed E-state index contributed by atoms with van der Waals surface area (Å²) >= 11 is 6.51. The van der Waals surface area contributed by atoms with Gasteiger partial charge in [-0.2, -0.15) is 0 Å². The number of hydrogen-bond donors (Lipinski definition) is 0. The average Bonchev–Trinajstić information content (AvgIpc) is 2.75. The van der Waals surface area contributed by atoms with Gasteiger partial charge < -0.3 is 0 Å². The van der Waals surface area contributed by atoms with Gasteiger partial charge in [-0.25, -0.2) is 15.0 Å². The van der Waals surface area contributed by atoms with Crippen LogP contribution in [0.3, 0.4) is 0 Å². The van der Waals surface area contributed by atoms with Crippen LogP contribution < -0.4 is 0 Å². The Bertz CT molecular complexity index is 1040. The third kappa shape index (κ3) is 4.01. The fourth-order valence-corrected chi connectivity index (χ4v) is 4.96. The molecule has 1 fully saturated rings.